The Labute approximate surface area is 137 Å². The quantitative estimate of drug-likeness (QED) is 0.801. The molecule has 3 heterocycles. The summed E-state index contributed by atoms with van der Waals surface area (Å²) in [7, 11) is 0. The van der Waals surface area contributed by atoms with Crippen LogP contribution in [-0.4, -0.2) is 58.6 Å². The maximum atomic E-state index is 12.7. The third-order valence-electron chi connectivity index (χ3n) is 4.72. The van der Waals surface area contributed by atoms with Gasteiger partial charge in [-0.2, -0.15) is 5.10 Å². The van der Waals surface area contributed by atoms with E-state index in [2.05, 4.69) is 5.10 Å². The molecule has 128 valence electrons. The molecule has 1 amide bonds. The lowest BCUT2D eigenvalue weighted by molar-refractivity contribution is -0.145. The Morgan fingerprint density at radius 2 is 2.35 bits per heavy atom. The molecule has 3 atom stereocenters. The lowest BCUT2D eigenvalue weighted by Crippen LogP contribution is -2.44. The average Bonchev–Trinajstić information content (AvgIpc) is 3.27. The molecule has 0 aromatic carbocycles. The van der Waals surface area contributed by atoms with Gasteiger partial charge in [-0.1, -0.05) is 0 Å². The zero-order valence-electron chi connectivity index (χ0n) is 14.1. The van der Waals surface area contributed by atoms with Gasteiger partial charge in [-0.3, -0.25) is 9.48 Å². The van der Waals surface area contributed by atoms with Crippen LogP contribution >= 0.6 is 0 Å². The normalized spacial score (nSPS) is 25.9. The maximum absolute atomic E-state index is 12.7. The lowest BCUT2D eigenvalue weighted by Gasteiger charge is -2.28. The molecule has 2 aliphatic heterocycles. The topological polar surface area (TPSA) is 56.6 Å². The summed E-state index contributed by atoms with van der Waals surface area (Å²) in [6.07, 6.45) is 7.84. The van der Waals surface area contributed by atoms with E-state index in [-0.39, 0.29) is 18.1 Å². The Kier molecular flexibility index (Phi) is 5.33. The van der Waals surface area contributed by atoms with Crippen LogP contribution in [0.2, 0.25) is 0 Å². The smallest absolute Gasteiger partial charge is 0.251 e. The number of aromatic nitrogens is 2. The number of amides is 1. The molecule has 2 saturated heterocycles. The van der Waals surface area contributed by atoms with Crippen molar-refractivity contribution in [3.05, 3.63) is 18.0 Å². The molecule has 1 aromatic heterocycles. The summed E-state index contributed by atoms with van der Waals surface area (Å²) in [6.45, 7) is 6.79. The Balaban J connectivity index is 1.52. The number of hydrogen-bond acceptors (Lipinski definition) is 4. The first-order valence-electron chi connectivity index (χ1n) is 8.66. The summed E-state index contributed by atoms with van der Waals surface area (Å²) in [5.74, 6) is 0.0920. The zero-order chi connectivity index (χ0) is 16.2. The second-order valence-corrected chi connectivity index (χ2v) is 6.68. The molecule has 2 fully saturated rings. The number of hydrogen-bond donors (Lipinski definition) is 0. The highest BCUT2D eigenvalue weighted by atomic mass is 16.5. The Morgan fingerprint density at radius 3 is 3.04 bits per heavy atom. The van der Waals surface area contributed by atoms with Gasteiger partial charge in [0.05, 0.1) is 31.5 Å². The monoisotopic (exact) mass is 321 g/mol. The van der Waals surface area contributed by atoms with Crippen LogP contribution in [0.5, 0.6) is 0 Å². The summed E-state index contributed by atoms with van der Waals surface area (Å²) in [6, 6.07) is 0.218. The fraction of sp³-hybridized carbons (Fsp3) is 0.765. The zero-order valence-corrected chi connectivity index (χ0v) is 14.1. The predicted octanol–water partition coefficient (Wildman–Crippen LogP) is 1.77. The number of nitrogens with zero attached hydrogens (tertiary/aromatic N) is 3. The van der Waals surface area contributed by atoms with Gasteiger partial charge in [0.2, 0.25) is 0 Å². The van der Waals surface area contributed by atoms with Crippen molar-refractivity contribution in [3.63, 3.8) is 0 Å². The van der Waals surface area contributed by atoms with Crippen LogP contribution in [0.15, 0.2) is 12.4 Å². The van der Waals surface area contributed by atoms with Crippen LogP contribution in [0.4, 0.5) is 0 Å². The Bertz CT molecular complexity index is 525. The van der Waals surface area contributed by atoms with Gasteiger partial charge in [0.15, 0.2) is 0 Å². The van der Waals surface area contributed by atoms with Gasteiger partial charge < -0.3 is 14.4 Å². The molecular weight excluding hydrogens is 294 g/mol. The molecule has 3 rings (SSSR count). The Morgan fingerprint density at radius 1 is 1.48 bits per heavy atom. The number of likely N-dealkylation sites (tertiary alicyclic amines) is 1. The van der Waals surface area contributed by atoms with E-state index in [1.165, 1.54) is 0 Å². The molecule has 23 heavy (non-hydrogen) atoms. The van der Waals surface area contributed by atoms with Crippen molar-refractivity contribution in [1.82, 2.24) is 14.7 Å². The van der Waals surface area contributed by atoms with E-state index in [9.17, 15) is 4.79 Å². The first-order valence-corrected chi connectivity index (χ1v) is 8.66. The number of aryl methyl sites for hydroxylation is 1. The van der Waals surface area contributed by atoms with Crippen molar-refractivity contribution in [2.45, 2.75) is 64.3 Å². The van der Waals surface area contributed by atoms with Gasteiger partial charge in [0.25, 0.3) is 5.91 Å². The van der Waals surface area contributed by atoms with Crippen LogP contribution in [0, 0.1) is 6.92 Å². The predicted molar refractivity (Wildman–Crippen MR) is 86.1 cm³/mol. The molecule has 6 heteroatoms. The fourth-order valence-corrected chi connectivity index (χ4v) is 3.43. The van der Waals surface area contributed by atoms with Crippen LogP contribution < -0.4 is 0 Å². The summed E-state index contributed by atoms with van der Waals surface area (Å²) >= 11 is 0. The van der Waals surface area contributed by atoms with Crippen molar-refractivity contribution in [3.8, 4) is 0 Å². The van der Waals surface area contributed by atoms with Crippen molar-refractivity contribution < 1.29 is 14.3 Å². The van der Waals surface area contributed by atoms with Crippen LogP contribution in [-0.2, 0) is 20.8 Å². The summed E-state index contributed by atoms with van der Waals surface area (Å²) < 4.78 is 13.2. The van der Waals surface area contributed by atoms with E-state index in [0.717, 1.165) is 50.9 Å². The number of rotatable bonds is 6. The minimum absolute atomic E-state index is 0.0920. The first kappa shape index (κ1) is 16.5. The molecule has 0 radical (unpaired) electrons. The van der Waals surface area contributed by atoms with E-state index in [1.807, 2.05) is 35.8 Å². The van der Waals surface area contributed by atoms with Gasteiger partial charge in [0, 0.05) is 19.3 Å². The molecular formula is C17H27N3O3. The second kappa shape index (κ2) is 7.45. The number of carbonyl (C=O) groups is 1. The molecule has 0 saturated carbocycles. The van der Waals surface area contributed by atoms with Gasteiger partial charge in [-0.15, -0.1) is 0 Å². The lowest BCUT2D eigenvalue weighted by atomic mass is 10.2. The minimum Gasteiger partial charge on any atom is -0.376 e. The first-order chi connectivity index (χ1) is 11.1. The number of ether oxygens (including phenoxy) is 2. The summed E-state index contributed by atoms with van der Waals surface area (Å²) in [4.78, 5) is 14.7. The number of carbonyl (C=O) groups excluding carboxylic acids is 1. The van der Waals surface area contributed by atoms with Crippen molar-refractivity contribution in [2.75, 3.05) is 19.8 Å². The van der Waals surface area contributed by atoms with Crippen LogP contribution in [0.25, 0.3) is 0 Å². The molecule has 2 aliphatic rings. The molecule has 0 aliphatic carbocycles. The van der Waals surface area contributed by atoms with Gasteiger partial charge in [-0.05, 0) is 45.1 Å². The van der Waals surface area contributed by atoms with E-state index >= 15 is 0 Å². The molecule has 0 unspecified atom stereocenters. The standard InChI is InChI=1S/C17H27N3O3/c1-13-9-18-19(10-13)11-15-5-3-7-20(15)17(21)14(2)23-12-16-6-4-8-22-16/h9-10,14-16H,3-8,11-12H2,1-2H3/t14-,15-,16+/m0/s1. The summed E-state index contributed by atoms with van der Waals surface area (Å²) in [5.41, 5.74) is 1.15. The van der Waals surface area contributed by atoms with Crippen molar-refractivity contribution in [1.29, 1.82) is 0 Å². The van der Waals surface area contributed by atoms with Gasteiger partial charge in [-0.25, -0.2) is 0 Å². The van der Waals surface area contributed by atoms with E-state index < -0.39 is 6.10 Å². The second-order valence-electron chi connectivity index (χ2n) is 6.68. The molecule has 0 N–H and O–H groups in total. The largest absolute Gasteiger partial charge is 0.376 e. The highest BCUT2D eigenvalue weighted by Crippen LogP contribution is 2.21. The maximum Gasteiger partial charge on any atom is 0.251 e. The highest BCUT2D eigenvalue weighted by Gasteiger charge is 2.32. The Hall–Kier alpha value is -1.40. The molecule has 0 bridgehead atoms. The van der Waals surface area contributed by atoms with E-state index in [0.29, 0.717) is 6.61 Å². The third-order valence-corrected chi connectivity index (χ3v) is 4.72. The van der Waals surface area contributed by atoms with E-state index in [4.69, 9.17) is 9.47 Å². The third kappa shape index (κ3) is 4.12. The highest BCUT2D eigenvalue weighted by molar-refractivity contribution is 5.81. The van der Waals surface area contributed by atoms with Crippen molar-refractivity contribution in [2.24, 2.45) is 0 Å². The summed E-state index contributed by atoms with van der Waals surface area (Å²) in [5, 5.41) is 4.34. The molecule has 0 spiro atoms. The molecule has 6 nitrogen and oxygen atoms in total. The van der Waals surface area contributed by atoms with Gasteiger partial charge in [0.1, 0.15) is 6.10 Å². The minimum atomic E-state index is -0.404. The van der Waals surface area contributed by atoms with Crippen LogP contribution in [0.3, 0.4) is 0 Å². The molecule has 1 aromatic rings. The van der Waals surface area contributed by atoms with E-state index in [1.54, 1.807) is 0 Å². The SMILES string of the molecule is Cc1cnn(C[C@@H]2CCCN2C(=O)[C@H](C)OC[C@H]2CCCO2)c1. The van der Waals surface area contributed by atoms with Crippen molar-refractivity contribution >= 4 is 5.91 Å². The van der Waals surface area contributed by atoms with Gasteiger partial charge >= 0.3 is 0 Å². The fourth-order valence-electron chi connectivity index (χ4n) is 3.43. The van der Waals surface area contributed by atoms with Crippen LogP contribution in [0.1, 0.15) is 38.2 Å². The average molecular weight is 321 g/mol.